The van der Waals surface area contributed by atoms with E-state index >= 15 is 0 Å². The number of nitrogens with zero attached hydrogens (tertiary/aromatic N) is 2. The first-order chi connectivity index (χ1) is 9.19. The highest BCUT2D eigenvalue weighted by molar-refractivity contribution is 5.19. The molecule has 0 amide bonds. The lowest BCUT2D eigenvalue weighted by Crippen LogP contribution is -2.64. The monoisotopic (exact) mass is 272 g/mol. The number of hydrogen-bond acceptors (Lipinski definition) is 3. The summed E-state index contributed by atoms with van der Waals surface area (Å²) in [5.74, 6) is 0. The van der Waals surface area contributed by atoms with Crippen molar-refractivity contribution in [1.82, 2.24) is 4.90 Å². The first-order valence-corrected chi connectivity index (χ1v) is 7.14. The van der Waals surface area contributed by atoms with Crippen molar-refractivity contribution in [1.29, 1.82) is 5.26 Å². The van der Waals surface area contributed by atoms with Gasteiger partial charge in [-0.1, -0.05) is 30.3 Å². The van der Waals surface area contributed by atoms with Crippen molar-refractivity contribution in [3.05, 3.63) is 35.9 Å². The Morgan fingerprint density at radius 2 is 1.60 bits per heavy atom. The lowest BCUT2D eigenvalue weighted by Gasteiger charge is -2.56. The topological polar surface area (TPSA) is 47.3 Å². The Hall–Kier alpha value is -1.37. The number of likely N-dealkylation sites (tertiary alicyclic amines) is 1. The summed E-state index contributed by atoms with van der Waals surface area (Å²) in [5.41, 5.74) is -0.402. The highest BCUT2D eigenvalue weighted by Crippen LogP contribution is 2.43. The molecule has 1 N–H and O–H groups in total. The number of rotatable bonds is 2. The van der Waals surface area contributed by atoms with E-state index in [1.54, 1.807) is 0 Å². The maximum absolute atomic E-state index is 10.4. The normalized spacial score (nSPS) is 24.0. The van der Waals surface area contributed by atoms with E-state index in [1.807, 2.05) is 18.2 Å². The van der Waals surface area contributed by atoms with Crippen molar-refractivity contribution in [2.75, 3.05) is 0 Å². The van der Waals surface area contributed by atoms with Crippen LogP contribution in [0.1, 0.15) is 46.1 Å². The zero-order valence-corrected chi connectivity index (χ0v) is 12.8. The average Bonchev–Trinajstić information content (AvgIpc) is 2.34. The van der Waals surface area contributed by atoms with Crippen molar-refractivity contribution in [2.45, 2.75) is 63.8 Å². The fourth-order valence-electron chi connectivity index (χ4n) is 3.78. The van der Waals surface area contributed by atoms with Crippen LogP contribution in [0.5, 0.6) is 0 Å². The second-order valence-electron chi connectivity index (χ2n) is 7.19. The van der Waals surface area contributed by atoms with Crippen LogP contribution in [0.15, 0.2) is 30.3 Å². The van der Waals surface area contributed by atoms with Crippen molar-refractivity contribution in [2.24, 2.45) is 0 Å². The predicted octanol–water partition coefficient (Wildman–Crippen LogP) is 3.09. The minimum absolute atomic E-state index is 0.220. The molecule has 108 valence electrons. The number of nitriles is 1. The Bertz CT molecular complexity index is 496. The third-order valence-electron chi connectivity index (χ3n) is 4.30. The molecule has 1 fully saturated rings. The van der Waals surface area contributed by atoms with Crippen LogP contribution in [0.4, 0.5) is 0 Å². The van der Waals surface area contributed by atoms with Gasteiger partial charge in [-0.05, 0) is 33.3 Å². The molecular formula is C17H24N2O. The van der Waals surface area contributed by atoms with Gasteiger partial charge in [0.25, 0.3) is 0 Å². The molecule has 1 aromatic rings. The fraction of sp³-hybridized carbons (Fsp3) is 0.588. The van der Waals surface area contributed by atoms with Crippen LogP contribution in [0.25, 0.3) is 0 Å². The first kappa shape index (κ1) is 15.0. The zero-order chi connectivity index (χ0) is 15.0. The highest BCUT2D eigenvalue weighted by Gasteiger charge is 2.51. The van der Waals surface area contributed by atoms with Crippen LogP contribution in [-0.2, 0) is 6.54 Å². The summed E-state index contributed by atoms with van der Waals surface area (Å²) in [5, 5.41) is 19.7. The Labute approximate surface area is 121 Å². The summed E-state index contributed by atoms with van der Waals surface area (Å²) in [6, 6.07) is 12.5. The molecule has 0 atom stereocenters. The summed E-state index contributed by atoms with van der Waals surface area (Å²) < 4.78 is 0. The summed E-state index contributed by atoms with van der Waals surface area (Å²) in [7, 11) is 0. The molecule has 0 radical (unpaired) electrons. The largest absolute Gasteiger partial charge is 0.375 e. The minimum Gasteiger partial charge on any atom is -0.375 e. The Morgan fingerprint density at radius 1 is 1.10 bits per heavy atom. The minimum atomic E-state index is -1.22. The van der Waals surface area contributed by atoms with Gasteiger partial charge >= 0.3 is 0 Å². The standard InChI is InChI=1S/C17H24N2O/c1-15(2)11-17(20,13-18)12-16(3,4)19(15)10-14-8-6-5-7-9-14/h5-9,20H,10-12H2,1-4H3. The van der Waals surface area contributed by atoms with Crippen LogP contribution >= 0.6 is 0 Å². The third-order valence-corrected chi connectivity index (χ3v) is 4.30. The summed E-state index contributed by atoms with van der Waals surface area (Å²) in [4.78, 5) is 2.40. The SMILES string of the molecule is CC1(C)CC(O)(C#N)CC(C)(C)N1Cc1ccccc1. The molecule has 0 saturated carbocycles. The maximum atomic E-state index is 10.4. The van der Waals surface area contributed by atoms with Crippen molar-refractivity contribution < 1.29 is 5.11 Å². The van der Waals surface area contributed by atoms with E-state index in [4.69, 9.17) is 0 Å². The van der Waals surface area contributed by atoms with Crippen molar-refractivity contribution in [3.8, 4) is 6.07 Å². The van der Waals surface area contributed by atoms with Crippen LogP contribution < -0.4 is 0 Å². The van der Waals surface area contributed by atoms with Gasteiger partial charge in [0.1, 0.15) is 0 Å². The average molecular weight is 272 g/mol. The number of hydrogen-bond donors (Lipinski definition) is 1. The van der Waals surface area contributed by atoms with E-state index < -0.39 is 5.60 Å². The van der Waals surface area contributed by atoms with E-state index in [1.165, 1.54) is 5.56 Å². The van der Waals surface area contributed by atoms with Crippen LogP contribution in [0.2, 0.25) is 0 Å². The van der Waals surface area contributed by atoms with E-state index in [0.29, 0.717) is 12.8 Å². The van der Waals surface area contributed by atoms with Gasteiger partial charge in [-0.3, -0.25) is 4.90 Å². The van der Waals surface area contributed by atoms with Gasteiger partial charge in [-0.25, -0.2) is 0 Å². The van der Waals surface area contributed by atoms with Gasteiger partial charge < -0.3 is 5.11 Å². The smallest absolute Gasteiger partial charge is 0.154 e. The maximum Gasteiger partial charge on any atom is 0.154 e. The molecule has 3 heteroatoms. The molecular weight excluding hydrogens is 248 g/mol. The second kappa shape index (κ2) is 4.87. The zero-order valence-electron chi connectivity index (χ0n) is 12.8. The van der Waals surface area contributed by atoms with E-state index in [-0.39, 0.29) is 11.1 Å². The summed E-state index contributed by atoms with van der Waals surface area (Å²) >= 11 is 0. The van der Waals surface area contributed by atoms with Gasteiger partial charge in [0.15, 0.2) is 5.60 Å². The molecule has 0 unspecified atom stereocenters. The van der Waals surface area contributed by atoms with Crippen molar-refractivity contribution in [3.63, 3.8) is 0 Å². The molecule has 0 spiro atoms. The summed E-state index contributed by atoms with van der Waals surface area (Å²) in [6.07, 6.45) is 0.958. The molecule has 1 saturated heterocycles. The van der Waals surface area contributed by atoms with Gasteiger partial charge in [0.05, 0.1) is 6.07 Å². The van der Waals surface area contributed by atoms with Gasteiger partial charge in [-0.2, -0.15) is 5.26 Å². The van der Waals surface area contributed by atoms with Gasteiger partial charge in [0.2, 0.25) is 0 Å². The first-order valence-electron chi connectivity index (χ1n) is 7.14. The molecule has 1 aromatic carbocycles. The highest BCUT2D eigenvalue weighted by atomic mass is 16.3. The fourth-order valence-corrected chi connectivity index (χ4v) is 3.78. The molecule has 1 heterocycles. The molecule has 0 aliphatic carbocycles. The van der Waals surface area contributed by atoms with E-state index in [9.17, 15) is 10.4 Å². The van der Waals surface area contributed by atoms with E-state index in [2.05, 4.69) is 50.8 Å². The predicted molar refractivity (Wildman–Crippen MR) is 79.9 cm³/mol. The van der Waals surface area contributed by atoms with Crippen LogP contribution in [0, 0.1) is 11.3 Å². The molecule has 3 nitrogen and oxygen atoms in total. The molecule has 0 bridgehead atoms. The van der Waals surface area contributed by atoms with Gasteiger partial charge in [0, 0.05) is 30.5 Å². The quantitative estimate of drug-likeness (QED) is 0.842. The van der Waals surface area contributed by atoms with Crippen LogP contribution in [-0.4, -0.2) is 26.7 Å². The Kier molecular flexibility index (Phi) is 3.66. The number of benzene rings is 1. The number of aliphatic hydroxyl groups is 1. The Balaban J connectivity index is 2.31. The summed E-state index contributed by atoms with van der Waals surface area (Å²) in [6.45, 7) is 9.28. The second-order valence-corrected chi connectivity index (χ2v) is 7.19. The van der Waals surface area contributed by atoms with Gasteiger partial charge in [-0.15, -0.1) is 0 Å². The molecule has 1 aliphatic rings. The molecule has 1 aliphatic heterocycles. The lowest BCUT2D eigenvalue weighted by molar-refractivity contribution is -0.114. The Morgan fingerprint density at radius 3 is 2.05 bits per heavy atom. The molecule has 0 aromatic heterocycles. The van der Waals surface area contributed by atoms with Crippen LogP contribution in [0.3, 0.4) is 0 Å². The van der Waals surface area contributed by atoms with E-state index in [0.717, 1.165) is 6.54 Å². The van der Waals surface area contributed by atoms with Crippen molar-refractivity contribution >= 4 is 0 Å². The third kappa shape index (κ3) is 2.87. The molecule has 2 rings (SSSR count). The number of piperidine rings is 1. The molecule has 20 heavy (non-hydrogen) atoms. The lowest BCUT2D eigenvalue weighted by atomic mass is 9.71.